The smallest absolute Gasteiger partial charge is 0.245 e. The van der Waals surface area contributed by atoms with Gasteiger partial charge in [0.15, 0.2) is 0 Å². The lowest BCUT2D eigenvalue weighted by Gasteiger charge is -2.23. The van der Waals surface area contributed by atoms with E-state index < -0.39 is 0 Å². The van der Waals surface area contributed by atoms with Gasteiger partial charge >= 0.3 is 0 Å². The standard InChI is InChI=1S/C14H19N3O2S/c1-9-15-11(8-20-9)4-6-17-7-5-12(18)16-13(14(17)19)10-2-3-10/h8,10,13H,2-7H2,1H3,(H,16,18). The topological polar surface area (TPSA) is 62.3 Å². The van der Waals surface area contributed by atoms with Crippen LogP contribution in [0.25, 0.3) is 0 Å². The first-order chi connectivity index (χ1) is 9.63. The van der Waals surface area contributed by atoms with E-state index in [9.17, 15) is 9.59 Å². The Morgan fingerprint density at radius 1 is 1.45 bits per heavy atom. The monoisotopic (exact) mass is 293 g/mol. The van der Waals surface area contributed by atoms with Crippen LogP contribution in [-0.2, 0) is 16.0 Å². The van der Waals surface area contributed by atoms with E-state index in [1.165, 1.54) is 0 Å². The van der Waals surface area contributed by atoms with Gasteiger partial charge in [-0.3, -0.25) is 9.59 Å². The molecule has 2 heterocycles. The van der Waals surface area contributed by atoms with Crippen LogP contribution in [-0.4, -0.2) is 40.8 Å². The number of nitrogens with one attached hydrogen (secondary N) is 1. The molecule has 0 aromatic carbocycles. The van der Waals surface area contributed by atoms with Crippen LogP contribution in [0.4, 0.5) is 0 Å². The number of carbonyl (C=O) groups is 2. The van der Waals surface area contributed by atoms with Gasteiger partial charge < -0.3 is 10.2 Å². The summed E-state index contributed by atoms with van der Waals surface area (Å²) >= 11 is 1.63. The van der Waals surface area contributed by atoms with Crippen molar-refractivity contribution >= 4 is 23.2 Å². The maximum absolute atomic E-state index is 12.5. The fourth-order valence-corrected chi connectivity index (χ4v) is 3.24. The lowest BCUT2D eigenvalue weighted by atomic mass is 10.1. The van der Waals surface area contributed by atoms with E-state index in [1.807, 2.05) is 17.2 Å². The number of thiazole rings is 1. The lowest BCUT2D eigenvalue weighted by molar-refractivity contribution is -0.134. The number of carbonyl (C=O) groups excluding carboxylic acids is 2. The molecule has 1 unspecified atom stereocenters. The Balaban J connectivity index is 1.64. The second-order valence-electron chi connectivity index (χ2n) is 5.57. The van der Waals surface area contributed by atoms with Crippen LogP contribution in [0.15, 0.2) is 5.38 Å². The van der Waals surface area contributed by atoms with Crippen molar-refractivity contribution in [2.45, 2.75) is 38.6 Å². The average molecular weight is 293 g/mol. The molecule has 1 aliphatic carbocycles. The molecule has 108 valence electrons. The minimum atomic E-state index is -0.290. The number of aryl methyl sites for hydroxylation is 1. The molecule has 1 saturated heterocycles. The zero-order valence-electron chi connectivity index (χ0n) is 11.6. The van der Waals surface area contributed by atoms with Gasteiger partial charge in [0.2, 0.25) is 11.8 Å². The molecular weight excluding hydrogens is 274 g/mol. The Bertz CT molecular complexity index is 524. The van der Waals surface area contributed by atoms with Crippen molar-refractivity contribution in [3.8, 4) is 0 Å². The zero-order valence-corrected chi connectivity index (χ0v) is 12.4. The maximum atomic E-state index is 12.5. The number of hydrogen-bond acceptors (Lipinski definition) is 4. The molecule has 2 fully saturated rings. The van der Waals surface area contributed by atoms with Gasteiger partial charge in [0, 0.05) is 31.3 Å². The molecule has 1 atom stereocenters. The third-order valence-corrected chi connectivity index (χ3v) is 4.72. The fraction of sp³-hybridized carbons (Fsp3) is 0.643. The van der Waals surface area contributed by atoms with Crippen LogP contribution < -0.4 is 5.32 Å². The summed E-state index contributed by atoms with van der Waals surface area (Å²) in [4.78, 5) is 30.4. The van der Waals surface area contributed by atoms with Gasteiger partial charge in [-0.05, 0) is 25.7 Å². The number of amides is 2. The van der Waals surface area contributed by atoms with Crippen LogP contribution in [0.5, 0.6) is 0 Å². The molecule has 1 N–H and O–H groups in total. The van der Waals surface area contributed by atoms with Crippen LogP contribution >= 0.6 is 11.3 Å². The SMILES string of the molecule is Cc1nc(CCN2CCC(=O)NC(C3CC3)C2=O)cs1. The minimum absolute atomic E-state index is 0.00209. The van der Waals surface area contributed by atoms with E-state index in [4.69, 9.17) is 0 Å². The molecule has 0 bridgehead atoms. The molecule has 6 heteroatoms. The van der Waals surface area contributed by atoms with Crippen LogP contribution in [0.1, 0.15) is 30.0 Å². The van der Waals surface area contributed by atoms with Crippen molar-refractivity contribution in [1.82, 2.24) is 15.2 Å². The summed E-state index contributed by atoms with van der Waals surface area (Å²) in [5.41, 5.74) is 1.03. The van der Waals surface area contributed by atoms with E-state index >= 15 is 0 Å². The minimum Gasteiger partial charge on any atom is -0.344 e. The van der Waals surface area contributed by atoms with Gasteiger partial charge in [-0.1, -0.05) is 0 Å². The van der Waals surface area contributed by atoms with Gasteiger partial charge in [0.05, 0.1) is 10.7 Å². The molecule has 1 aromatic rings. The second kappa shape index (κ2) is 5.52. The maximum Gasteiger partial charge on any atom is 0.245 e. The van der Waals surface area contributed by atoms with Crippen LogP contribution in [0.3, 0.4) is 0 Å². The summed E-state index contributed by atoms with van der Waals surface area (Å²) in [5.74, 6) is 0.445. The summed E-state index contributed by atoms with van der Waals surface area (Å²) < 4.78 is 0. The van der Waals surface area contributed by atoms with Crippen molar-refractivity contribution in [3.05, 3.63) is 16.1 Å². The summed E-state index contributed by atoms with van der Waals surface area (Å²) in [6.07, 6.45) is 3.28. The summed E-state index contributed by atoms with van der Waals surface area (Å²) in [5, 5.41) is 5.97. The molecule has 3 rings (SSSR count). The largest absolute Gasteiger partial charge is 0.344 e. The van der Waals surface area contributed by atoms with Crippen LogP contribution in [0, 0.1) is 12.8 Å². The Morgan fingerprint density at radius 3 is 2.90 bits per heavy atom. The third kappa shape index (κ3) is 3.00. The second-order valence-corrected chi connectivity index (χ2v) is 6.63. The third-order valence-electron chi connectivity index (χ3n) is 3.90. The van der Waals surface area contributed by atoms with Crippen LogP contribution in [0.2, 0.25) is 0 Å². The van der Waals surface area contributed by atoms with E-state index in [-0.39, 0.29) is 17.9 Å². The molecule has 1 saturated carbocycles. The zero-order chi connectivity index (χ0) is 14.1. The number of aromatic nitrogens is 1. The van der Waals surface area contributed by atoms with Gasteiger partial charge in [0.1, 0.15) is 6.04 Å². The first-order valence-corrected chi connectivity index (χ1v) is 8.00. The predicted molar refractivity (Wildman–Crippen MR) is 76.4 cm³/mol. The molecule has 1 aliphatic heterocycles. The highest BCUT2D eigenvalue weighted by molar-refractivity contribution is 7.09. The molecule has 0 radical (unpaired) electrons. The summed E-state index contributed by atoms with van der Waals surface area (Å²) in [7, 11) is 0. The molecule has 1 aromatic heterocycles. The fourth-order valence-electron chi connectivity index (χ4n) is 2.59. The molecular formula is C14H19N3O2S. The number of rotatable bonds is 4. The highest BCUT2D eigenvalue weighted by Crippen LogP contribution is 2.34. The van der Waals surface area contributed by atoms with E-state index in [2.05, 4.69) is 10.3 Å². The Kier molecular flexibility index (Phi) is 3.74. The molecule has 0 spiro atoms. The normalized spacial score (nSPS) is 23.6. The van der Waals surface area contributed by atoms with E-state index in [0.29, 0.717) is 25.4 Å². The first-order valence-electron chi connectivity index (χ1n) is 7.12. The van der Waals surface area contributed by atoms with Crippen molar-refractivity contribution in [2.24, 2.45) is 5.92 Å². The highest BCUT2D eigenvalue weighted by Gasteiger charge is 2.40. The quantitative estimate of drug-likeness (QED) is 0.905. The molecule has 5 nitrogen and oxygen atoms in total. The number of nitrogens with zero attached hydrogens (tertiary/aromatic N) is 2. The molecule has 2 aliphatic rings. The summed E-state index contributed by atoms with van der Waals surface area (Å²) in [6, 6.07) is -0.290. The van der Waals surface area contributed by atoms with E-state index in [0.717, 1.165) is 30.0 Å². The van der Waals surface area contributed by atoms with Crippen molar-refractivity contribution in [1.29, 1.82) is 0 Å². The van der Waals surface area contributed by atoms with Crippen molar-refractivity contribution in [2.75, 3.05) is 13.1 Å². The first kappa shape index (κ1) is 13.5. The summed E-state index contributed by atoms with van der Waals surface area (Å²) in [6.45, 7) is 3.16. The van der Waals surface area contributed by atoms with Gasteiger partial charge in [-0.2, -0.15) is 0 Å². The number of hydrogen-bond donors (Lipinski definition) is 1. The molecule has 2 amide bonds. The van der Waals surface area contributed by atoms with Gasteiger partial charge in [0.25, 0.3) is 0 Å². The Morgan fingerprint density at radius 2 is 2.25 bits per heavy atom. The van der Waals surface area contributed by atoms with Crippen molar-refractivity contribution in [3.63, 3.8) is 0 Å². The average Bonchev–Trinajstić information content (AvgIpc) is 3.19. The highest BCUT2D eigenvalue weighted by atomic mass is 32.1. The Labute approximate surface area is 122 Å². The van der Waals surface area contributed by atoms with E-state index in [1.54, 1.807) is 11.3 Å². The van der Waals surface area contributed by atoms with Crippen molar-refractivity contribution < 1.29 is 9.59 Å². The lowest BCUT2D eigenvalue weighted by Crippen LogP contribution is -2.46. The molecule has 20 heavy (non-hydrogen) atoms. The predicted octanol–water partition coefficient (Wildman–Crippen LogP) is 1.12. The van der Waals surface area contributed by atoms with Gasteiger partial charge in [-0.25, -0.2) is 4.98 Å². The Hall–Kier alpha value is -1.43. The van der Waals surface area contributed by atoms with Gasteiger partial charge in [-0.15, -0.1) is 11.3 Å².